The molecule has 0 N–H and O–H groups in total. The van der Waals surface area contributed by atoms with Gasteiger partial charge in [0.15, 0.2) is 5.12 Å². The summed E-state index contributed by atoms with van der Waals surface area (Å²) in [6, 6.07) is 0. The second kappa shape index (κ2) is 7.84. The molecule has 0 bridgehead atoms. The maximum atomic E-state index is 12.2. The van der Waals surface area contributed by atoms with Crippen molar-refractivity contribution in [3.05, 3.63) is 12.2 Å². The first-order valence-corrected chi connectivity index (χ1v) is 8.15. The van der Waals surface area contributed by atoms with E-state index in [-0.39, 0.29) is 11.0 Å². The molecule has 1 rings (SSSR count). The Hall–Kier alpha value is -0.810. The van der Waals surface area contributed by atoms with Crippen LogP contribution in [0.5, 0.6) is 0 Å². The van der Waals surface area contributed by atoms with Gasteiger partial charge in [-0.15, -0.1) is 0 Å². The summed E-state index contributed by atoms with van der Waals surface area (Å²) in [6.45, 7) is 5.73. The summed E-state index contributed by atoms with van der Waals surface area (Å²) in [6.07, 6.45) is 5.78. The SMILES string of the molecule is C=C(C)C(=O)OC1(CCOC)CCCCC1C(=O)SC. The first-order valence-electron chi connectivity index (χ1n) is 6.92. The number of carbonyl (C=O) groups excluding carboxylic acids is 2. The molecule has 1 saturated carbocycles. The molecule has 0 aliphatic heterocycles. The van der Waals surface area contributed by atoms with E-state index < -0.39 is 11.6 Å². The largest absolute Gasteiger partial charge is 0.455 e. The molecule has 2 atom stereocenters. The Morgan fingerprint density at radius 2 is 2.10 bits per heavy atom. The van der Waals surface area contributed by atoms with Gasteiger partial charge >= 0.3 is 5.97 Å². The smallest absolute Gasteiger partial charge is 0.333 e. The van der Waals surface area contributed by atoms with Gasteiger partial charge in [0.1, 0.15) is 5.60 Å². The maximum Gasteiger partial charge on any atom is 0.333 e. The molecule has 1 aliphatic rings. The van der Waals surface area contributed by atoms with Crippen LogP contribution >= 0.6 is 11.8 Å². The normalized spacial score (nSPS) is 26.1. The minimum atomic E-state index is -0.732. The fraction of sp³-hybridized carbons (Fsp3) is 0.733. The fourth-order valence-electron chi connectivity index (χ4n) is 2.70. The summed E-state index contributed by atoms with van der Waals surface area (Å²) >= 11 is 1.21. The van der Waals surface area contributed by atoms with E-state index >= 15 is 0 Å². The van der Waals surface area contributed by atoms with E-state index in [4.69, 9.17) is 9.47 Å². The zero-order chi connectivity index (χ0) is 15.2. The van der Waals surface area contributed by atoms with Crippen LogP contribution in [0.25, 0.3) is 0 Å². The number of methoxy groups -OCH3 is 1. The van der Waals surface area contributed by atoms with Crippen LogP contribution in [0.15, 0.2) is 12.2 Å². The Labute approximate surface area is 125 Å². The lowest BCUT2D eigenvalue weighted by Crippen LogP contribution is -2.48. The molecule has 4 nitrogen and oxygen atoms in total. The Balaban J connectivity index is 3.00. The number of ether oxygens (including phenoxy) is 2. The maximum absolute atomic E-state index is 12.2. The van der Waals surface area contributed by atoms with Gasteiger partial charge in [-0.2, -0.15) is 0 Å². The van der Waals surface area contributed by atoms with Crippen molar-refractivity contribution in [3.8, 4) is 0 Å². The fourth-order valence-corrected chi connectivity index (χ4v) is 3.32. The van der Waals surface area contributed by atoms with E-state index in [0.29, 0.717) is 25.0 Å². The summed E-state index contributed by atoms with van der Waals surface area (Å²) in [4.78, 5) is 24.2. The van der Waals surface area contributed by atoms with Crippen LogP contribution in [0, 0.1) is 5.92 Å². The number of carbonyl (C=O) groups is 2. The number of esters is 1. The van der Waals surface area contributed by atoms with E-state index in [0.717, 1.165) is 19.3 Å². The molecule has 114 valence electrons. The Morgan fingerprint density at radius 1 is 1.40 bits per heavy atom. The Kier molecular flexibility index (Phi) is 6.76. The molecule has 1 fully saturated rings. The van der Waals surface area contributed by atoms with E-state index in [1.54, 1.807) is 20.3 Å². The minimum absolute atomic E-state index is 0.0929. The summed E-state index contributed by atoms with van der Waals surface area (Å²) in [5.41, 5.74) is -0.368. The average Bonchev–Trinajstić information content (AvgIpc) is 2.44. The van der Waals surface area contributed by atoms with Crippen molar-refractivity contribution in [1.29, 1.82) is 0 Å². The third-order valence-electron chi connectivity index (χ3n) is 3.84. The van der Waals surface area contributed by atoms with Crippen molar-refractivity contribution in [2.24, 2.45) is 5.92 Å². The highest BCUT2D eigenvalue weighted by Gasteiger charge is 2.47. The first-order chi connectivity index (χ1) is 9.46. The van der Waals surface area contributed by atoms with Gasteiger partial charge in [-0.1, -0.05) is 24.8 Å². The van der Waals surface area contributed by atoms with Gasteiger partial charge in [0.2, 0.25) is 0 Å². The predicted molar refractivity (Wildman–Crippen MR) is 80.6 cm³/mol. The molecular weight excluding hydrogens is 276 g/mol. The first kappa shape index (κ1) is 17.2. The molecule has 0 saturated heterocycles. The third-order valence-corrected chi connectivity index (χ3v) is 4.52. The molecule has 0 radical (unpaired) electrons. The lowest BCUT2D eigenvalue weighted by Gasteiger charge is -2.42. The number of hydrogen-bond acceptors (Lipinski definition) is 5. The summed E-state index contributed by atoms with van der Waals surface area (Å²) in [5, 5.41) is 0.0929. The quantitative estimate of drug-likeness (QED) is 0.557. The molecule has 0 spiro atoms. The number of thioether (sulfide) groups is 1. The molecule has 20 heavy (non-hydrogen) atoms. The highest BCUT2D eigenvalue weighted by molar-refractivity contribution is 8.13. The predicted octanol–water partition coefficient (Wildman–Crippen LogP) is 2.96. The summed E-state index contributed by atoms with van der Waals surface area (Å²) in [5.74, 6) is -0.661. The van der Waals surface area contributed by atoms with E-state index in [1.165, 1.54) is 11.8 Å². The molecule has 0 aromatic heterocycles. The van der Waals surface area contributed by atoms with Gasteiger partial charge < -0.3 is 9.47 Å². The zero-order valence-electron chi connectivity index (χ0n) is 12.6. The van der Waals surface area contributed by atoms with E-state index in [1.807, 2.05) is 0 Å². The number of hydrogen-bond donors (Lipinski definition) is 0. The molecule has 2 unspecified atom stereocenters. The van der Waals surface area contributed by atoms with Crippen LogP contribution in [0.3, 0.4) is 0 Å². The van der Waals surface area contributed by atoms with Crippen molar-refractivity contribution in [1.82, 2.24) is 0 Å². The van der Waals surface area contributed by atoms with Crippen molar-refractivity contribution < 1.29 is 19.1 Å². The highest BCUT2D eigenvalue weighted by atomic mass is 32.2. The van der Waals surface area contributed by atoms with Gasteiger partial charge in [0.25, 0.3) is 0 Å². The van der Waals surface area contributed by atoms with Crippen LogP contribution in [0.1, 0.15) is 39.0 Å². The third kappa shape index (κ3) is 4.09. The van der Waals surface area contributed by atoms with Crippen LogP contribution in [-0.4, -0.2) is 36.7 Å². The highest BCUT2D eigenvalue weighted by Crippen LogP contribution is 2.42. The summed E-state index contributed by atoms with van der Waals surface area (Å²) < 4.78 is 10.9. The van der Waals surface area contributed by atoms with Crippen LogP contribution in [-0.2, 0) is 19.1 Å². The molecule has 0 aromatic carbocycles. The zero-order valence-corrected chi connectivity index (χ0v) is 13.4. The molecular formula is C15H24O4S. The lowest BCUT2D eigenvalue weighted by molar-refractivity contribution is -0.170. The molecule has 0 aromatic rings. The van der Waals surface area contributed by atoms with Crippen LogP contribution in [0.2, 0.25) is 0 Å². The Bertz CT molecular complexity index is 380. The minimum Gasteiger partial charge on any atom is -0.455 e. The van der Waals surface area contributed by atoms with Crippen molar-refractivity contribution in [2.75, 3.05) is 20.0 Å². The van der Waals surface area contributed by atoms with Crippen LogP contribution in [0.4, 0.5) is 0 Å². The second-order valence-electron chi connectivity index (χ2n) is 5.30. The lowest BCUT2D eigenvalue weighted by atomic mass is 9.74. The van der Waals surface area contributed by atoms with Crippen molar-refractivity contribution in [2.45, 2.75) is 44.6 Å². The average molecular weight is 300 g/mol. The molecule has 0 amide bonds. The van der Waals surface area contributed by atoms with Gasteiger partial charge in [-0.3, -0.25) is 4.79 Å². The van der Waals surface area contributed by atoms with Gasteiger partial charge in [0.05, 0.1) is 12.5 Å². The van der Waals surface area contributed by atoms with Gasteiger partial charge in [-0.25, -0.2) is 4.79 Å². The summed E-state index contributed by atoms with van der Waals surface area (Å²) in [7, 11) is 1.61. The monoisotopic (exact) mass is 300 g/mol. The van der Waals surface area contributed by atoms with Crippen molar-refractivity contribution >= 4 is 22.8 Å². The van der Waals surface area contributed by atoms with Crippen LogP contribution < -0.4 is 0 Å². The second-order valence-corrected chi connectivity index (χ2v) is 6.11. The van der Waals surface area contributed by atoms with E-state index in [9.17, 15) is 9.59 Å². The van der Waals surface area contributed by atoms with E-state index in [2.05, 4.69) is 6.58 Å². The molecule has 5 heteroatoms. The molecule has 0 heterocycles. The Morgan fingerprint density at radius 3 is 2.65 bits per heavy atom. The standard InChI is InChI=1S/C15H24O4S/c1-11(2)13(16)19-15(9-10-18-3)8-6-5-7-12(15)14(17)20-4/h12H,1,5-10H2,2-4H3. The number of rotatable bonds is 6. The van der Waals surface area contributed by atoms with Crippen molar-refractivity contribution in [3.63, 3.8) is 0 Å². The van der Waals surface area contributed by atoms with Gasteiger partial charge in [0, 0.05) is 19.1 Å². The van der Waals surface area contributed by atoms with Gasteiger partial charge in [-0.05, 0) is 32.4 Å². The topological polar surface area (TPSA) is 52.6 Å². The molecule has 1 aliphatic carbocycles.